The first-order chi connectivity index (χ1) is 8.26. The zero-order chi connectivity index (χ0) is 12.5. The minimum atomic E-state index is 0.197. The van der Waals surface area contributed by atoms with Crippen LogP contribution in [0.2, 0.25) is 0 Å². The molecule has 17 heavy (non-hydrogen) atoms. The fraction of sp³-hybridized carbons (Fsp3) is 0.769. The lowest BCUT2D eigenvalue weighted by Gasteiger charge is -2.31. The summed E-state index contributed by atoms with van der Waals surface area (Å²) in [5.74, 6) is 0.197. The quantitative estimate of drug-likeness (QED) is 0.509. The van der Waals surface area contributed by atoms with Gasteiger partial charge in [-0.3, -0.25) is 9.69 Å². The molecule has 1 fully saturated rings. The van der Waals surface area contributed by atoms with Gasteiger partial charge in [-0.2, -0.15) is 0 Å². The van der Waals surface area contributed by atoms with E-state index in [0.717, 1.165) is 45.4 Å². The third-order valence-corrected chi connectivity index (χ3v) is 3.17. The zero-order valence-electron chi connectivity index (χ0n) is 10.9. The molecule has 0 radical (unpaired) electrons. The van der Waals surface area contributed by atoms with Gasteiger partial charge in [-0.15, -0.1) is 6.58 Å². The molecule has 1 heterocycles. The summed E-state index contributed by atoms with van der Waals surface area (Å²) in [6.45, 7) is 7.74. The molecule has 0 aromatic rings. The van der Waals surface area contributed by atoms with Crippen LogP contribution in [0.5, 0.6) is 0 Å². The van der Waals surface area contributed by atoms with E-state index in [2.05, 4.69) is 22.1 Å². The Hall–Kier alpha value is -0.870. The number of piperidine rings is 1. The Morgan fingerprint density at radius 1 is 1.47 bits per heavy atom. The van der Waals surface area contributed by atoms with Crippen LogP contribution in [0, 0.1) is 0 Å². The van der Waals surface area contributed by atoms with Crippen LogP contribution in [-0.2, 0) is 4.79 Å². The van der Waals surface area contributed by atoms with Gasteiger partial charge in [0.2, 0.25) is 5.91 Å². The maximum atomic E-state index is 11.6. The molecule has 0 spiro atoms. The maximum absolute atomic E-state index is 11.6. The highest BCUT2D eigenvalue weighted by Gasteiger charge is 2.19. The summed E-state index contributed by atoms with van der Waals surface area (Å²) in [6, 6.07) is 0.373. The minimum Gasteiger partial charge on any atom is -0.353 e. The number of likely N-dealkylation sites (tertiary alicyclic amines) is 1. The van der Waals surface area contributed by atoms with Crippen LogP contribution >= 0.6 is 0 Å². The average Bonchev–Trinajstić information content (AvgIpc) is 2.32. The van der Waals surface area contributed by atoms with Crippen LogP contribution in [0.1, 0.15) is 25.7 Å². The van der Waals surface area contributed by atoms with Gasteiger partial charge in [0, 0.05) is 32.1 Å². The van der Waals surface area contributed by atoms with Crippen molar-refractivity contribution in [1.29, 1.82) is 0 Å². The fourth-order valence-electron chi connectivity index (χ4n) is 2.17. The summed E-state index contributed by atoms with van der Waals surface area (Å²) >= 11 is 0. The molecule has 0 aromatic heterocycles. The van der Waals surface area contributed by atoms with E-state index < -0.39 is 0 Å². The van der Waals surface area contributed by atoms with Crippen molar-refractivity contribution in [3.8, 4) is 0 Å². The molecule has 0 bridgehead atoms. The molecule has 0 aromatic carbocycles. The zero-order valence-corrected chi connectivity index (χ0v) is 10.9. The molecule has 2 N–H and O–H groups in total. The van der Waals surface area contributed by atoms with Gasteiger partial charge in [0.25, 0.3) is 0 Å². The van der Waals surface area contributed by atoms with E-state index >= 15 is 0 Å². The third kappa shape index (κ3) is 5.84. The van der Waals surface area contributed by atoms with Crippen molar-refractivity contribution >= 4 is 5.91 Å². The molecule has 1 saturated heterocycles. The molecule has 0 unspecified atom stereocenters. The van der Waals surface area contributed by atoms with Gasteiger partial charge >= 0.3 is 0 Å². The molecule has 1 rings (SSSR count). The lowest BCUT2D eigenvalue weighted by atomic mass is 10.0. The lowest BCUT2D eigenvalue weighted by molar-refractivity contribution is -0.122. The predicted octanol–water partition coefficient (Wildman–Crippen LogP) is 0.753. The van der Waals surface area contributed by atoms with Crippen molar-refractivity contribution in [2.75, 3.05) is 33.2 Å². The number of carbonyl (C=O) groups excluding carboxylic acids is 1. The van der Waals surface area contributed by atoms with Crippen molar-refractivity contribution in [1.82, 2.24) is 15.5 Å². The second kappa shape index (κ2) is 8.25. The molecule has 0 aliphatic carbocycles. The summed E-state index contributed by atoms with van der Waals surface area (Å²) in [4.78, 5) is 14.0. The molecule has 0 atom stereocenters. The van der Waals surface area contributed by atoms with Gasteiger partial charge in [0.1, 0.15) is 0 Å². The number of nitrogens with one attached hydrogen (secondary N) is 2. The van der Waals surface area contributed by atoms with E-state index in [-0.39, 0.29) is 5.91 Å². The number of hydrogen-bond acceptors (Lipinski definition) is 3. The average molecular weight is 239 g/mol. The number of carbonyl (C=O) groups is 1. The molecule has 4 nitrogen and oxygen atoms in total. The van der Waals surface area contributed by atoms with Gasteiger partial charge < -0.3 is 10.6 Å². The Labute approximate surface area is 104 Å². The van der Waals surface area contributed by atoms with Crippen LogP contribution in [-0.4, -0.2) is 50.1 Å². The topological polar surface area (TPSA) is 44.4 Å². The largest absolute Gasteiger partial charge is 0.353 e. The minimum absolute atomic E-state index is 0.197. The van der Waals surface area contributed by atoms with Crippen molar-refractivity contribution in [3.05, 3.63) is 12.7 Å². The Bertz CT molecular complexity index is 235. The van der Waals surface area contributed by atoms with Crippen molar-refractivity contribution < 1.29 is 4.79 Å². The summed E-state index contributed by atoms with van der Waals surface area (Å²) in [7, 11) is 1.91. The first kappa shape index (κ1) is 14.2. The Morgan fingerprint density at radius 3 is 2.76 bits per heavy atom. The molecule has 98 valence electrons. The van der Waals surface area contributed by atoms with E-state index in [1.807, 2.05) is 13.1 Å². The van der Waals surface area contributed by atoms with Gasteiger partial charge in [-0.1, -0.05) is 6.08 Å². The Morgan fingerprint density at radius 2 is 2.18 bits per heavy atom. The highest BCUT2D eigenvalue weighted by atomic mass is 16.1. The Kier molecular flexibility index (Phi) is 6.89. The monoisotopic (exact) mass is 239 g/mol. The highest BCUT2D eigenvalue weighted by Crippen LogP contribution is 2.10. The van der Waals surface area contributed by atoms with Gasteiger partial charge in [0.05, 0.1) is 0 Å². The van der Waals surface area contributed by atoms with Crippen LogP contribution in [0.15, 0.2) is 12.7 Å². The van der Waals surface area contributed by atoms with Crippen molar-refractivity contribution in [2.24, 2.45) is 0 Å². The van der Waals surface area contributed by atoms with E-state index in [1.165, 1.54) is 0 Å². The molecule has 4 heteroatoms. The predicted molar refractivity (Wildman–Crippen MR) is 71.0 cm³/mol. The van der Waals surface area contributed by atoms with Crippen LogP contribution in [0.25, 0.3) is 0 Å². The van der Waals surface area contributed by atoms with Crippen molar-refractivity contribution in [3.63, 3.8) is 0 Å². The Balaban J connectivity index is 2.12. The first-order valence-electron chi connectivity index (χ1n) is 6.53. The first-order valence-corrected chi connectivity index (χ1v) is 6.53. The molecule has 0 saturated carbocycles. The molecular formula is C13H25N3O. The van der Waals surface area contributed by atoms with Gasteiger partial charge in [-0.05, 0) is 32.9 Å². The number of rotatable bonds is 7. The number of hydrogen-bond donors (Lipinski definition) is 2. The summed E-state index contributed by atoms with van der Waals surface area (Å²) in [6.07, 6.45) is 5.61. The van der Waals surface area contributed by atoms with Crippen molar-refractivity contribution in [2.45, 2.75) is 31.7 Å². The van der Waals surface area contributed by atoms with Gasteiger partial charge in [0.15, 0.2) is 0 Å². The number of nitrogens with zero attached hydrogens (tertiary/aromatic N) is 1. The SMILES string of the molecule is C=CCN1CCC(NC(=O)CCCNC)CC1. The second-order valence-corrected chi connectivity index (χ2v) is 4.64. The van der Waals surface area contributed by atoms with E-state index in [4.69, 9.17) is 0 Å². The lowest BCUT2D eigenvalue weighted by Crippen LogP contribution is -2.44. The second-order valence-electron chi connectivity index (χ2n) is 4.64. The van der Waals surface area contributed by atoms with Gasteiger partial charge in [-0.25, -0.2) is 0 Å². The summed E-state index contributed by atoms with van der Waals surface area (Å²) < 4.78 is 0. The van der Waals surface area contributed by atoms with E-state index in [0.29, 0.717) is 12.5 Å². The summed E-state index contributed by atoms with van der Waals surface area (Å²) in [5.41, 5.74) is 0. The molecule has 1 aliphatic rings. The highest BCUT2D eigenvalue weighted by molar-refractivity contribution is 5.76. The van der Waals surface area contributed by atoms with Crippen LogP contribution in [0.4, 0.5) is 0 Å². The van der Waals surface area contributed by atoms with E-state index in [1.54, 1.807) is 0 Å². The van der Waals surface area contributed by atoms with E-state index in [9.17, 15) is 4.79 Å². The molecule has 1 amide bonds. The number of amides is 1. The molecular weight excluding hydrogens is 214 g/mol. The fourth-order valence-corrected chi connectivity index (χ4v) is 2.17. The standard InChI is InChI=1S/C13H25N3O/c1-3-9-16-10-6-12(7-11-16)15-13(17)5-4-8-14-2/h3,12,14H,1,4-11H2,2H3,(H,15,17). The normalized spacial score (nSPS) is 17.9. The maximum Gasteiger partial charge on any atom is 0.220 e. The molecule has 1 aliphatic heterocycles. The van der Waals surface area contributed by atoms with Crippen LogP contribution in [0.3, 0.4) is 0 Å². The smallest absolute Gasteiger partial charge is 0.220 e. The summed E-state index contributed by atoms with van der Waals surface area (Å²) in [5, 5.41) is 6.17. The van der Waals surface area contributed by atoms with Crippen LogP contribution < -0.4 is 10.6 Å². The third-order valence-electron chi connectivity index (χ3n) is 3.17.